The van der Waals surface area contributed by atoms with E-state index in [0.29, 0.717) is 10.9 Å². The number of rotatable bonds is 4. The van der Waals surface area contributed by atoms with Crippen molar-refractivity contribution in [2.75, 3.05) is 0 Å². The van der Waals surface area contributed by atoms with Crippen molar-refractivity contribution in [3.63, 3.8) is 0 Å². The van der Waals surface area contributed by atoms with E-state index >= 15 is 0 Å². The van der Waals surface area contributed by atoms with Crippen molar-refractivity contribution < 1.29 is 4.42 Å². The summed E-state index contributed by atoms with van der Waals surface area (Å²) in [6.45, 7) is 4.32. The first kappa shape index (κ1) is 12.5. The van der Waals surface area contributed by atoms with Crippen LogP contribution >= 0.6 is 11.6 Å². The molecule has 1 aromatic heterocycles. The number of halogens is 1. The standard InChI is InChI=1S/C14H18ClNO/c1-3-5-9(2)13(16)12-8-10-6-4-7-11(15)14(10)17-12/h4,6-9,13H,3,5,16H2,1-2H3. The fourth-order valence-corrected chi connectivity index (χ4v) is 2.35. The molecule has 3 heteroatoms. The van der Waals surface area contributed by atoms with Crippen LogP contribution in [0.4, 0.5) is 0 Å². The zero-order valence-corrected chi connectivity index (χ0v) is 11.0. The summed E-state index contributed by atoms with van der Waals surface area (Å²) in [7, 11) is 0. The van der Waals surface area contributed by atoms with Crippen LogP contribution in [-0.2, 0) is 0 Å². The smallest absolute Gasteiger partial charge is 0.152 e. The molecule has 0 aliphatic rings. The monoisotopic (exact) mass is 251 g/mol. The highest BCUT2D eigenvalue weighted by atomic mass is 35.5. The van der Waals surface area contributed by atoms with Crippen LogP contribution in [0.5, 0.6) is 0 Å². The fourth-order valence-electron chi connectivity index (χ4n) is 2.13. The number of fused-ring (bicyclic) bond motifs is 1. The summed E-state index contributed by atoms with van der Waals surface area (Å²) in [4.78, 5) is 0. The van der Waals surface area contributed by atoms with Crippen LogP contribution in [0.15, 0.2) is 28.7 Å². The number of hydrogen-bond donors (Lipinski definition) is 1. The van der Waals surface area contributed by atoms with E-state index in [4.69, 9.17) is 21.8 Å². The van der Waals surface area contributed by atoms with Crippen LogP contribution in [0.25, 0.3) is 11.0 Å². The molecule has 17 heavy (non-hydrogen) atoms. The number of para-hydroxylation sites is 1. The molecule has 92 valence electrons. The van der Waals surface area contributed by atoms with Gasteiger partial charge in [0.1, 0.15) is 5.76 Å². The predicted molar refractivity (Wildman–Crippen MR) is 72.2 cm³/mol. The number of hydrogen-bond acceptors (Lipinski definition) is 2. The molecule has 0 aliphatic carbocycles. The van der Waals surface area contributed by atoms with Gasteiger partial charge in [-0.15, -0.1) is 0 Å². The third kappa shape index (κ3) is 2.48. The Morgan fingerprint density at radius 1 is 1.41 bits per heavy atom. The molecule has 1 aromatic carbocycles. The molecule has 0 fully saturated rings. The molecule has 0 bridgehead atoms. The van der Waals surface area contributed by atoms with Gasteiger partial charge < -0.3 is 10.2 Å². The van der Waals surface area contributed by atoms with Gasteiger partial charge in [-0.2, -0.15) is 0 Å². The summed E-state index contributed by atoms with van der Waals surface area (Å²) >= 11 is 6.08. The van der Waals surface area contributed by atoms with E-state index in [0.717, 1.165) is 29.6 Å². The van der Waals surface area contributed by atoms with Gasteiger partial charge in [0.2, 0.25) is 0 Å². The van der Waals surface area contributed by atoms with Gasteiger partial charge in [-0.05, 0) is 24.5 Å². The van der Waals surface area contributed by atoms with Gasteiger partial charge in [0, 0.05) is 5.39 Å². The van der Waals surface area contributed by atoms with Crippen LogP contribution in [0.2, 0.25) is 5.02 Å². The van der Waals surface area contributed by atoms with E-state index in [-0.39, 0.29) is 6.04 Å². The van der Waals surface area contributed by atoms with Crippen molar-refractivity contribution in [1.29, 1.82) is 0 Å². The second-order valence-corrected chi connectivity index (χ2v) is 5.01. The van der Waals surface area contributed by atoms with E-state index in [1.165, 1.54) is 0 Å². The average Bonchev–Trinajstić information content (AvgIpc) is 2.73. The Balaban J connectivity index is 2.33. The van der Waals surface area contributed by atoms with Crippen LogP contribution in [0.3, 0.4) is 0 Å². The van der Waals surface area contributed by atoms with Crippen LogP contribution < -0.4 is 5.73 Å². The molecule has 2 aromatic rings. The SMILES string of the molecule is CCCC(C)C(N)c1cc2cccc(Cl)c2o1. The van der Waals surface area contributed by atoms with Crippen molar-refractivity contribution in [3.8, 4) is 0 Å². The molecule has 2 N–H and O–H groups in total. The lowest BCUT2D eigenvalue weighted by Gasteiger charge is -2.16. The maximum absolute atomic E-state index is 6.20. The van der Waals surface area contributed by atoms with Gasteiger partial charge in [0.15, 0.2) is 5.58 Å². The lowest BCUT2D eigenvalue weighted by molar-refractivity contribution is 0.375. The molecular formula is C14H18ClNO. The third-order valence-electron chi connectivity index (χ3n) is 3.20. The van der Waals surface area contributed by atoms with Gasteiger partial charge in [-0.3, -0.25) is 0 Å². The zero-order chi connectivity index (χ0) is 12.4. The highest BCUT2D eigenvalue weighted by Crippen LogP contribution is 2.31. The summed E-state index contributed by atoms with van der Waals surface area (Å²) in [6.07, 6.45) is 2.24. The van der Waals surface area contributed by atoms with E-state index < -0.39 is 0 Å². The number of furan rings is 1. The Bertz CT molecular complexity index is 506. The summed E-state index contributed by atoms with van der Waals surface area (Å²) < 4.78 is 5.77. The largest absolute Gasteiger partial charge is 0.458 e. The predicted octanol–water partition coefficient (Wildman–Crippen LogP) is 4.52. The lowest BCUT2D eigenvalue weighted by Crippen LogP contribution is -2.18. The van der Waals surface area contributed by atoms with Gasteiger partial charge in [-0.25, -0.2) is 0 Å². The molecule has 2 atom stereocenters. The third-order valence-corrected chi connectivity index (χ3v) is 3.50. The molecule has 0 saturated carbocycles. The molecule has 0 spiro atoms. The van der Waals surface area contributed by atoms with E-state index in [1.807, 2.05) is 24.3 Å². The Hall–Kier alpha value is -0.990. The Morgan fingerprint density at radius 3 is 2.82 bits per heavy atom. The highest BCUT2D eigenvalue weighted by Gasteiger charge is 2.18. The second kappa shape index (κ2) is 5.11. The average molecular weight is 252 g/mol. The zero-order valence-electron chi connectivity index (χ0n) is 10.2. The quantitative estimate of drug-likeness (QED) is 0.868. The summed E-state index contributed by atoms with van der Waals surface area (Å²) in [5, 5.41) is 1.66. The number of benzene rings is 1. The first-order valence-corrected chi connectivity index (χ1v) is 6.44. The summed E-state index contributed by atoms with van der Waals surface area (Å²) in [6, 6.07) is 7.69. The molecular weight excluding hydrogens is 234 g/mol. The van der Waals surface area contributed by atoms with Crippen molar-refractivity contribution in [3.05, 3.63) is 35.0 Å². The molecule has 2 rings (SSSR count). The van der Waals surface area contributed by atoms with Gasteiger partial charge in [0.25, 0.3) is 0 Å². The molecule has 2 unspecified atom stereocenters. The van der Waals surface area contributed by atoms with Crippen molar-refractivity contribution >= 4 is 22.6 Å². The Labute approximate surface area is 107 Å². The van der Waals surface area contributed by atoms with Crippen molar-refractivity contribution in [2.24, 2.45) is 11.7 Å². The summed E-state index contributed by atoms with van der Waals surface area (Å²) in [5.74, 6) is 1.24. The molecule has 2 nitrogen and oxygen atoms in total. The summed E-state index contributed by atoms with van der Waals surface area (Å²) in [5.41, 5.74) is 6.94. The first-order chi connectivity index (χ1) is 8.13. The minimum atomic E-state index is -0.0570. The van der Waals surface area contributed by atoms with Crippen LogP contribution in [0, 0.1) is 5.92 Å². The Kier molecular flexibility index (Phi) is 3.75. The molecule has 0 aliphatic heterocycles. The number of nitrogens with two attached hydrogens (primary N) is 1. The highest BCUT2D eigenvalue weighted by molar-refractivity contribution is 6.34. The molecule has 0 saturated heterocycles. The second-order valence-electron chi connectivity index (χ2n) is 4.60. The van der Waals surface area contributed by atoms with E-state index in [9.17, 15) is 0 Å². The van der Waals surface area contributed by atoms with Gasteiger partial charge >= 0.3 is 0 Å². The minimum Gasteiger partial charge on any atom is -0.458 e. The molecule has 0 radical (unpaired) electrons. The lowest BCUT2D eigenvalue weighted by atomic mass is 9.96. The van der Waals surface area contributed by atoms with Gasteiger partial charge in [-0.1, -0.05) is 44.0 Å². The van der Waals surface area contributed by atoms with Crippen LogP contribution in [0.1, 0.15) is 38.5 Å². The topological polar surface area (TPSA) is 39.2 Å². The van der Waals surface area contributed by atoms with E-state index in [2.05, 4.69) is 13.8 Å². The molecule has 0 amide bonds. The Morgan fingerprint density at radius 2 is 2.18 bits per heavy atom. The van der Waals surface area contributed by atoms with Crippen LogP contribution in [-0.4, -0.2) is 0 Å². The van der Waals surface area contributed by atoms with E-state index in [1.54, 1.807) is 0 Å². The first-order valence-electron chi connectivity index (χ1n) is 6.07. The van der Waals surface area contributed by atoms with Crippen molar-refractivity contribution in [1.82, 2.24) is 0 Å². The fraction of sp³-hybridized carbons (Fsp3) is 0.429. The minimum absolute atomic E-state index is 0.0570. The van der Waals surface area contributed by atoms with Gasteiger partial charge in [0.05, 0.1) is 11.1 Å². The molecule has 1 heterocycles. The normalized spacial score (nSPS) is 15.1. The van der Waals surface area contributed by atoms with Crippen molar-refractivity contribution in [2.45, 2.75) is 32.7 Å². The maximum atomic E-state index is 6.20. The maximum Gasteiger partial charge on any atom is 0.152 e.